The second-order valence-corrected chi connectivity index (χ2v) is 4.50. The van der Waals surface area contributed by atoms with Crippen molar-refractivity contribution in [2.24, 2.45) is 0 Å². The van der Waals surface area contributed by atoms with Crippen molar-refractivity contribution in [3.8, 4) is 0 Å². The minimum Gasteiger partial charge on any atom is -0.480 e. The maximum absolute atomic E-state index is 11.9. The van der Waals surface area contributed by atoms with Crippen LogP contribution in [0.3, 0.4) is 0 Å². The minimum absolute atomic E-state index is 0.110. The van der Waals surface area contributed by atoms with E-state index in [4.69, 9.17) is 9.84 Å². The fourth-order valence-corrected chi connectivity index (χ4v) is 2.07. The van der Waals surface area contributed by atoms with Gasteiger partial charge in [-0.3, -0.25) is 9.59 Å². The molecule has 0 aliphatic carbocycles. The maximum atomic E-state index is 11.9. The Balaban J connectivity index is 2.34. The first-order valence-electron chi connectivity index (χ1n) is 6.34. The van der Waals surface area contributed by atoms with E-state index in [1.807, 2.05) is 0 Å². The zero-order valence-corrected chi connectivity index (χ0v) is 10.9. The number of carboxylic acid groups (broad SMARTS) is 1. The third-order valence-electron chi connectivity index (χ3n) is 3.08. The molecule has 18 heavy (non-hydrogen) atoms. The first kappa shape index (κ1) is 14.9. The molecule has 0 aromatic carbocycles. The summed E-state index contributed by atoms with van der Waals surface area (Å²) in [5, 5.41) is 8.77. The lowest BCUT2D eigenvalue weighted by Crippen LogP contribution is -2.39. The lowest BCUT2D eigenvalue weighted by atomic mass is 10.3. The zero-order chi connectivity index (χ0) is 13.4. The molecule has 1 fully saturated rings. The van der Waals surface area contributed by atoms with Crippen LogP contribution in [0.5, 0.6) is 0 Å². The molecule has 0 atom stereocenters. The summed E-state index contributed by atoms with van der Waals surface area (Å²) >= 11 is 0. The number of aliphatic carboxylic acids is 1. The summed E-state index contributed by atoms with van der Waals surface area (Å²) in [6, 6.07) is 0. The smallest absolute Gasteiger partial charge is 0.323 e. The van der Waals surface area contributed by atoms with E-state index in [0.29, 0.717) is 19.6 Å². The number of nitrogens with zero attached hydrogens (tertiary/aromatic N) is 2. The molecule has 1 N–H and O–H groups in total. The van der Waals surface area contributed by atoms with Crippen LogP contribution < -0.4 is 0 Å². The highest BCUT2D eigenvalue weighted by molar-refractivity contribution is 5.81. The number of hydrogen-bond donors (Lipinski definition) is 1. The molecule has 0 bridgehead atoms. The van der Waals surface area contributed by atoms with Gasteiger partial charge < -0.3 is 19.6 Å². The van der Waals surface area contributed by atoms with Crippen molar-refractivity contribution < 1.29 is 19.4 Å². The molecule has 6 heteroatoms. The molecular formula is C12H22N2O4. The SMILES string of the molecule is COCCN(CC(=O)O)C(=O)CCN1CCCC1. The second kappa shape index (κ2) is 8.05. The van der Waals surface area contributed by atoms with E-state index in [-0.39, 0.29) is 12.5 Å². The Bertz CT molecular complexity index is 277. The van der Waals surface area contributed by atoms with Gasteiger partial charge in [0.2, 0.25) is 5.91 Å². The Morgan fingerprint density at radius 3 is 2.56 bits per heavy atom. The predicted molar refractivity (Wildman–Crippen MR) is 66.4 cm³/mol. The number of methoxy groups -OCH3 is 1. The van der Waals surface area contributed by atoms with Gasteiger partial charge in [0.25, 0.3) is 0 Å². The van der Waals surface area contributed by atoms with Crippen LogP contribution in [0.1, 0.15) is 19.3 Å². The first-order valence-corrected chi connectivity index (χ1v) is 6.34. The van der Waals surface area contributed by atoms with Crippen LogP contribution in [0.2, 0.25) is 0 Å². The van der Waals surface area contributed by atoms with Crippen LogP contribution in [0.25, 0.3) is 0 Å². The van der Waals surface area contributed by atoms with Crippen LogP contribution in [0.15, 0.2) is 0 Å². The molecule has 1 aliphatic heterocycles. The van der Waals surface area contributed by atoms with Crippen molar-refractivity contribution in [3.63, 3.8) is 0 Å². The highest BCUT2D eigenvalue weighted by atomic mass is 16.5. The molecule has 6 nitrogen and oxygen atoms in total. The lowest BCUT2D eigenvalue weighted by Gasteiger charge is -2.22. The zero-order valence-electron chi connectivity index (χ0n) is 10.9. The van der Waals surface area contributed by atoms with E-state index < -0.39 is 5.97 Å². The molecule has 1 rings (SSSR count). The van der Waals surface area contributed by atoms with Crippen molar-refractivity contribution >= 4 is 11.9 Å². The van der Waals surface area contributed by atoms with Gasteiger partial charge in [0.15, 0.2) is 0 Å². The minimum atomic E-state index is -0.986. The Hall–Kier alpha value is -1.14. The van der Waals surface area contributed by atoms with E-state index in [0.717, 1.165) is 19.6 Å². The number of amides is 1. The third kappa shape index (κ3) is 5.46. The van der Waals surface area contributed by atoms with Gasteiger partial charge in [0.05, 0.1) is 6.61 Å². The Kier molecular flexibility index (Phi) is 6.67. The number of carbonyl (C=O) groups excluding carboxylic acids is 1. The Morgan fingerprint density at radius 1 is 1.33 bits per heavy atom. The van der Waals surface area contributed by atoms with Gasteiger partial charge in [-0.25, -0.2) is 0 Å². The second-order valence-electron chi connectivity index (χ2n) is 4.50. The van der Waals surface area contributed by atoms with Crippen LogP contribution in [0.4, 0.5) is 0 Å². The van der Waals surface area contributed by atoms with E-state index >= 15 is 0 Å². The standard InChI is InChI=1S/C12H22N2O4/c1-18-9-8-14(10-12(16)17)11(15)4-7-13-5-2-3-6-13/h2-10H2,1H3,(H,16,17). The van der Waals surface area contributed by atoms with Crippen molar-refractivity contribution in [1.29, 1.82) is 0 Å². The van der Waals surface area contributed by atoms with Gasteiger partial charge in [-0.2, -0.15) is 0 Å². The number of rotatable bonds is 8. The number of ether oxygens (including phenoxy) is 1. The number of carbonyl (C=O) groups is 2. The van der Waals surface area contributed by atoms with E-state index in [1.54, 1.807) is 0 Å². The van der Waals surface area contributed by atoms with Gasteiger partial charge in [-0.15, -0.1) is 0 Å². The summed E-state index contributed by atoms with van der Waals surface area (Å²) in [6.45, 7) is 3.27. The summed E-state index contributed by atoms with van der Waals surface area (Å²) < 4.78 is 4.88. The molecule has 1 saturated heterocycles. The average Bonchev–Trinajstić information content (AvgIpc) is 2.84. The molecule has 1 amide bonds. The van der Waals surface area contributed by atoms with Crippen molar-refractivity contribution in [2.75, 3.05) is 46.4 Å². The fraction of sp³-hybridized carbons (Fsp3) is 0.833. The summed E-state index contributed by atoms with van der Waals surface area (Å²) in [4.78, 5) is 26.2. The Morgan fingerprint density at radius 2 is 2.00 bits per heavy atom. The normalized spacial score (nSPS) is 15.8. The highest BCUT2D eigenvalue weighted by Gasteiger charge is 2.18. The predicted octanol–water partition coefficient (Wildman–Crippen LogP) is 0.0319. The monoisotopic (exact) mass is 258 g/mol. The van der Waals surface area contributed by atoms with Crippen LogP contribution in [-0.4, -0.2) is 73.2 Å². The van der Waals surface area contributed by atoms with Crippen molar-refractivity contribution in [1.82, 2.24) is 9.80 Å². The largest absolute Gasteiger partial charge is 0.480 e. The lowest BCUT2D eigenvalue weighted by molar-refractivity contribution is -0.145. The topological polar surface area (TPSA) is 70.1 Å². The molecule has 1 aliphatic rings. The molecule has 0 aromatic heterocycles. The summed E-state index contributed by atoms with van der Waals surface area (Å²) in [5.74, 6) is -1.10. The van der Waals surface area contributed by atoms with Gasteiger partial charge >= 0.3 is 5.97 Å². The van der Waals surface area contributed by atoms with Gasteiger partial charge in [-0.1, -0.05) is 0 Å². The van der Waals surface area contributed by atoms with E-state index in [2.05, 4.69) is 4.90 Å². The molecule has 0 aromatic rings. The molecule has 0 spiro atoms. The average molecular weight is 258 g/mol. The van der Waals surface area contributed by atoms with E-state index in [1.165, 1.54) is 24.9 Å². The maximum Gasteiger partial charge on any atom is 0.323 e. The molecular weight excluding hydrogens is 236 g/mol. The molecule has 1 heterocycles. The number of likely N-dealkylation sites (tertiary alicyclic amines) is 1. The summed E-state index contributed by atoms with van der Waals surface area (Å²) in [5.41, 5.74) is 0. The molecule has 0 saturated carbocycles. The van der Waals surface area contributed by atoms with Gasteiger partial charge in [0, 0.05) is 26.6 Å². The quantitative estimate of drug-likeness (QED) is 0.665. The highest BCUT2D eigenvalue weighted by Crippen LogP contribution is 2.08. The van der Waals surface area contributed by atoms with Crippen molar-refractivity contribution in [2.45, 2.75) is 19.3 Å². The fourth-order valence-electron chi connectivity index (χ4n) is 2.07. The summed E-state index contributed by atoms with van der Waals surface area (Å²) in [7, 11) is 1.54. The van der Waals surface area contributed by atoms with Gasteiger partial charge in [0.1, 0.15) is 6.54 Å². The molecule has 104 valence electrons. The molecule has 0 unspecified atom stereocenters. The van der Waals surface area contributed by atoms with Crippen molar-refractivity contribution in [3.05, 3.63) is 0 Å². The molecule has 0 radical (unpaired) electrons. The Labute approximate surface area is 107 Å². The van der Waals surface area contributed by atoms with Gasteiger partial charge in [-0.05, 0) is 25.9 Å². The van der Waals surface area contributed by atoms with Crippen LogP contribution >= 0.6 is 0 Å². The summed E-state index contributed by atoms with van der Waals surface area (Å²) in [6.07, 6.45) is 2.77. The third-order valence-corrected chi connectivity index (χ3v) is 3.08. The first-order chi connectivity index (χ1) is 8.63. The van der Waals surface area contributed by atoms with E-state index in [9.17, 15) is 9.59 Å². The number of hydrogen-bond acceptors (Lipinski definition) is 4. The van der Waals surface area contributed by atoms with Crippen LogP contribution in [-0.2, 0) is 14.3 Å². The van der Waals surface area contributed by atoms with Crippen LogP contribution in [0, 0.1) is 0 Å². The number of carboxylic acids is 1.